The highest BCUT2D eigenvalue weighted by Gasteiger charge is 2.17. The Kier molecular flexibility index (Phi) is 3.52. The van der Waals surface area contributed by atoms with E-state index in [-0.39, 0.29) is 0 Å². The Hall–Kier alpha value is -1.41. The standard InChI is InChI=1S/C11H13N3OS/c12-7-9-1-2-11(13-8-9)14-10-3-5-16(15)6-4-10/h1-2,8,10H,3-6H2,(H,13,14). The quantitative estimate of drug-likeness (QED) is 0.838. The van der Waals surface area contributed by atoms with Crippen LogP contribution in [0.15, 0.2) is 18.3 Å². The number of hydrogen-bond donors (Lipinski definition) is 1. The molecule has 1 aliphatic rings. The van der Waals surface area contributed by atoms with E-state index in [9.17, 15) is 4.21 Å². The van der Waals surface area contributed by atoms with Crippen molar-refractivity contribution in [1.82, 2.24) is 4.98 Å². The number of rotatable bonds is 2. The second-order valence-corrected chi connectivity index (χ2v) is 5.51. The molecule has 0 bridgehead atoms. The maximum absolute atomic E-state index is 11.2. The summed E-state index contributed by atoms with van der Waals surface area (Å²) in [4.78, 5) is 4.15. The highest BCUT2D eigenvalue weighted by atomic mass is 32.2. The monoisotopic (exact) mass is 235 g/mol. The smallest absolute Gasteiger partial charge is 0.126 e. The van der Waals surface area contributed by atoms with Gasteiger partial charge in [0.1, 0.15) is 11.9 Å². The molecule has 0 aliphatic carbocycles. The molecule has 0 spiro atoms. The molecule has 16 heavy (non-hydrogen) atoms. The lowest BCUT2D eigenvalue weighted by atomic mass is 10.1. The summed E-state index contributed by atoms with van der Waals surface area (Å²) in [7, 11) is -0.627. The fourth-order valence-electron chi connectivity index (χ4n) is 1.69. The molecule has 5 heteroatoms. The van der Waals surface area contributed by atoms with Crippen molar-refractivity contribution in [3.05, 3.63) is 23.9 Å². The lowest BCUT2D eigenvalue weighted by molar-refractivity contribution is 0.622. The summed E-state index contributed by atoms with van der Waals surface area (Å²) in [5.41, 5.74) is 0.565. The van der Waals surface area contributed by atoms with Crippen LogP contribution in [0.2, 0.25) is 0 Å². The van der Waals surface area contributed by atoms with E-state index < -0.39 is 10.8 Å². The Balaban J connectivity index is 1.94. The van der Waals surface area contributed by atoms with E-state index >= 15 is 0 Å². The molecule has 2 heterocycles. The molecule has 4 nitrogen and oxygen atoms in total. The Morgan fingerprint density at radius 1 is 1.44 bits per heavy atom. The lowest BCUT2D eigenvalue weighted by Gasteiger charge is -2.22. The average Bonchev–Trinajstić information content (AvgIpc) is 2.33. The van der Waals surface area contributed by atoms with E-state index in [4.69, 9.17) is 5.26 Å². The third-order valence-electron chi connectivity index (χ3n) is 2.63. The number of nitrogens with zero attached hydrogens (tertiary/aromatic N) is 2. The molecule has 1 aromatic heterocycles. The van der Waals surface area contributed by atoms with Crippen molar-refractivity contribution in [3.63, 3.8) is 0 Å². The molecule has 1 aliphatic heterocycles. The van der Waals surface area contributed by atoms with Crippen molar-refractivity contribution in [2.24, 2.45) is 0 Å². The first-order chi connectivity index (χ1) is 7.78. The third kappa shape index (κ3) is 2.80. The second kappa shape index (κ2) is 5.08. The summed E-state index contributed by atoms with van der Waals surface area (Å²) in [6, 6.07) is 5.95. The molecule has 0 unspecified atom stereocenters. The van der Waals surface area contributed by atoms with E-state index in [0.29, 0.717) is 11.6 Å². The van der Waals surface area contributed by atoms with Crippen LogP contribution in [0.25, 0.3) is 0 Å². The first-order valence-corrected chi connectivity index (χ1v) is 6.74. The van der Waals surface area contributed by atoms with Crippen LogP contribution < -0.4 is 5.32 Å². The minimum absolute atomic E-state index is 0.359. The summed E-state index contributed by atoms with van der Waals surface area (Å²) < 4.78 is 11.2. The summed E-state index contributed by atoms with van der Waals surface area (Å²) in [6.45, 7) is 0. The molecule has 1 fully saturated rings. The molecule has 84 valence electrons. The van der Waals surface area contributed by atoms with Crippen LogP contribution in [-0.4, -0.2) is 26.7 Å². The topological polar surface area (TPSA) is 65.8 Å². The zero-order valence-electron chi connectivity index (χ0n) is 8.85. The molecule has 1 N–H and O–H groups in total. The Bertz CT molecular complexity index is 414. The van der Waals surface area contributed by atoms with E-state index in [2.05, 4.69) is 10.3 Å². The van der Waals surface area contributed by atoms with E-state index in [1.807, 2.05) is 12.1 Å². The molecular weight excluding hydrogens is 222 g/mol. The maximum Gasteiger partial charge on any atom is 0.126 e. The van der Waals surface area contributed by atoms with Gasteiger partial charge in [-0.25, -0.2) is 4.98 Å². The second-order valence-electron chi connectivity index (χ2n) is 3.81. The lowest BCUT2D eigenvalue weighted by Crippen LogP contribution is -2.29. The van der Waals surface area contributed by atoms with Gasteiger partial charge in [-0.3, -0.25) is 4.21 Å². The fraction of sp³-hybridized carbons (Fsp3) is 0.455. The molecule has 2 rings (SSSR count). The van der Waals surface area contributed by atoms with E-state index in [0.717, 1.165) is 30.2 Å². The van der Waals surface area contributed by atoms with Gasteiger partial charge in [0.25, 0.3) is 0 Å². The van der Waals surface area contributed by atoms with Gasteiger partial charge in [0.05, 0.1) is 5.56 Å². The van der Waals surface area contributed by atoms with Crippen LogP contribution in [0.3, 0.4) is 0 Å². The largest absolute Gasteiger partial charge is 0.367 e. The van der Waals surface area contributed by atoms with Gasteiger partial charge in [0, 0.05) is 34.5 Å². The van der Waals surface area contributed by atoms with E-state index in [1.165, 1.54) is 0 Å². The van der Waals surface area contributed by atoms with Crippen LogP contribution >= 0.6 is 0 Å². The van der Waals surface area contributed by atoms with Gasteiger partial charge in [0.15, 0.2) is 0 Å². The van der Waals surface area contributed by atoms with Crippen LogP contribution in [0, 0.1) is 11.3 Å². The molecule has 1 saturated heterocycles. The number of hydrogen-bond acceptors (Lipinski definition) is 4. The summed E-state index contributed by atoms with van der Waals surface area (Å²) in [6.07, 6.45) is 3.41. The average molecular weight is 235 g/mol. The van der Waals surface area contributed by atoms with Gasteiger partial charge in [-0.05, 0) is 25.0 Å². The van der Waals surface area contributed by atoms with Crippen LogP contribution in [0.4, 0.5) is 5.82 Å². The molecule has 0 saturated carbocycles. The van der Waals surface area contributed by atoms with Gasteiger partial charge >= 0.3 is 0 Å². The van der Waals surface area contributed by atoms with Gasteiger partial charge in [0.2, 0.25) is 0 Å². The van der Waals surface area contributed by atoms with Crippen molar-refractivity contribution in [2.75, 3.05) is 16.8 Å². The van der Waals surface area contributed by atoms with Crippen molar-refractivity contribution in [2.45, 2.75) is 18.9 Å². The van der Waals surface area contributed by atoms with Gasteiger partial charge in [-0.1, -0.05) is 0 Å². The highest BCUT2D eigenvalue weighted by molar-refractivity contribution is 7.85. The molecule has 0 aromatic carbocycles. The predicted octanol–water partition coefficient (Wildman–Crippen LogP) is 1.28. The van der Waals surface area contributed by atoms with Gasteiger partial charge in [-0.2, -0.15) is 5.26 Å². The number of nitrogens with one attached hydrogen (secondary N) is 1. The van der Waals surface area contributed by atoms with Gasteiger partial charge < -0.3 is 5.32 Å². The van der Waals surface area contributed by atoms with Crippen LogP contribution in [0.5, 0.6) is 0 Å². The zero-order chi connectivity index (χ0) is 11.4. The SMILES string of the molecule is N#Cc1ccc(NC2CCS(=O)CC2)nc1. The third-order valence-corrected chi connectivity index (χ3v) is 4.01. The van der Waals surface area contributed by atoms with Crippen LogP contribution in [-0.2, 0) is 10.8 Å². The molecule has 1 aromatic rings. The van der Waals surface area contributed by atoms with Crippen LogP contribution in [0.1, 0.15) is 18.4 Å². The maximum atomic E-state index is 11.2. The Morgan fingerprint density at radius 3 is 2.75 bits per heavy atom. The Morgan fingerprint density at radius 2 is 2.19 bits per heavy atom. The first-order valence-electron chi connectivity index (χ1n) is 5.25. The number of nitriles is 1. The molecular formula is C11H13N3OS. The highest BCUT2D eigenvalue weighted by Crippen LogP contribution is 2.14. The van der Waals surface area contributed by atoms with Crippen molar-refractivity contribution < 1.29 is 4.21 Å². The zero-order valence-corrected chi connectivity index (χ0v) is 9.67. The minimum atomic E-state index is -0.627. The van der Waals surface area contributed by atoms with Crippen molar-refractivity contribution in [3.8, 4) is 6.07 Å². The molecule has 0 radical (unpaired) electrons. The van der Waals surface area contributed by atoms with Crippen molar-refractivity contribution in [1.29, 1.82) is 5.26 Å². The van der Waals surface area contributed by atoms with Gasteiger partial charge in [-0.15, -0.1) is 0 Å². The minimum Gasteiger partial charge on any atom is -0.367 e. The molecule has 0 amide bonds. The predicted molar refractivity (Wildman–Crippen MR) is 63.5 cm³/mol. The summed E-state index contributed by atoms with van der Waals surface area (Å²) >= 11 is 0. The van der Waals surface area contributed by atoms with E-state index in [1.54, 1.807) is 12.3 Å². The Labute approximate surface area is 97.2 Å². The fourth-order valence-corrected chi connectivity index (χ4v) is 2.99. The summed E-state index contributed by atoms with van der Waals surface area (Å²) in [5, 5.41) is 11.9. The normalized spacial score (nSPS) is 24.7. The first kappa shape index (κ1) is 11.1. The number of aromatic nitrogens is 1. The van der Waals surface area contributed by atoms with Crippen molar-refractivity contribution >= 4 is 16.6 Å². The number of anilines is 1. The number of pyridine rings is 1. The molecule has 0 atom stereocenters. The summed E-state index contributed by atoms with van der Waals surface area (Å²) in [5.74, 6) is 2.33.